The van der Waals surface area contributed by atoms with E-state index in [1.54, 1.807) is 17.0 Å². The number of hydrogen-bond acceptors (Lipinski definition) is 8. The summed E-state index contributed by atoms with van der Waals surface area (Å²) < 4.78 is 5.39. The van der Waals surface area contributed by atoms with Crippen LogP contribution in [-0.2, 0) is 11.3 Å². The Kier molecular flexibility index (Phi) is 5.71. The second-order valence-corrected chi connectivity index (χ2v) is 6.48. The Bertz CT molecular complexity index is 785. The van der Waals surface area contributed by atoms with Crippen LogP contribution in [0, 0.1) is 11.5 Å². The first kappa shape index (κ1) is 18.2. The van der Waals surface area contributed by atoms with Gasteiger partial charge in [-0.2, -0.15) is 20.2 Å². The first-order valence-corrected chi connectivity index (χ1v) is 8.62. The molecule has 0 unspecified atom stereocenters. The van der Waals surface area contributed by atoms with Crippen molar-refractivity contribution in [1.29, 1.82) is 5.26 Å². The normalized spacial score (nSPS) is 14.0. The van der Waals surface area contributed by atoms with Gasteiger partial charge >= 0.3 is 0 Å². The Hall–Kier alpha value is -2.63. The SMILES string of the molecule is CN(C)c1nc(N(C#N)Cc2ccc(Cl)cc2)nc(N2CCOCC2)n1. The highest BCUT2D eigenvalue weighted by Gasteiger charge is 2.20. The maximum absolute atomic E-state index is 9.63. The molecule has 2 aromatic rings. The zero-order valence-corrected chi connectivity index (χ0v) is 15.5. The summed E-state index contributed by atoms with van der Waals surface area (Å²) in [6, 6.07) is 7.35. The molecule has 0 atom stereocenters. The average Bonchev–Trinajstić information content (AvgIpc) is 2.68. The van der Waals surface area contributed by atoms with E-state index in [1.807, 2.05) is 31.1 Å². The molecule has 0 N–H and O–H groups in total. The number of hydrogen-bond donors (Lipinski definition) is 0. The number of benzene rings is 1. The first-order chi connectivity index (χ1) is 12.6. The summed E-state index contributed by atoms with van der Waals surface area (Å²) in [6.45, 7) is 3.03. The molecular weight excluding hydrogens is 354 g/mol. The number of halogens is 1. The maximum atomic E-state index is 9.63. The number of nitriles is 1. The lowest BCUT2D eigenvalue weighted by molar-refractivity contribution is 0.122. The van der Waals surface area contributed by atoms with Crippen LogP contribution >= 0.6 is 11.6 Å². The molecule has 136 valence electrons. The van der Waals surface area contributed by atoms with Gasteiger partial charge < -0.3 is 14.5 Å². The van der Waals surface area contributed by atoms with Crippen molar-refractivity contribution in [1.82, 2.24) is 15.0 Å². The molecular formula is C17H20ClN7O. The summed E-state index contributed by atoms with van der Waals surface area (Å²) in [5.41, 5.74) is 0.940. The van der Waals surface area contributed by atoms with Gasteiger partial charge in [-0.15, -0.1) is 0 Å². The number of morpholine rings is 1. The highest BCUT2D eigenvalue weighted by Crippen LogP contribution is 2.20. The van der Waals surface area contributed by atoms with Gasteiger partial charge in [0.1, 0.15) is 0 Å². The molecule has 1 aromatic heterocycles. The van der Waals surface area contributed by atoms with E-state index in [0.29, 0.717) is 55.7 Å². The lowest BCUT2D eigenvalue weighted by atomic mass is 10.2. The molecule has 0 amide bonds. The lowest BCUT2D eigenvalue weighted by Gasteiger charge is -2.28. The Morgan fingerprint density at radius 3 is 2.38 bits per heavy atom. The molecule has 1 aliphatic heterocycles. The smallest absolute Gasteiger partial charge is 0.245 e. The van der Waals surface area contributed by atoms with E-state index < -0.39 is 0 Å². The Morgan fingerprint density at radius 2 is 1.77 bits per heavy atom. The topological polar surface area (TPSA) is 81.4 Å². The molecule has 1 saturated heterocycles. The van der Waals surface area contributed by atoms with Gasteiger partial charge in [0.05, 0.1) is 19.8 Å². The van der Waals surface area contributed by atoms with E-state index in [0.717, 1.165) is 5.56 Å². The Labute approximate surface area is 157 Å². The minimum Gasteiger partial charge on any atom is -0.378 e. The average molecular weight is 374 g/mol. The largest absolute Gasteiger partial charge is 0.378 e. The quantitative estimate of drug-likeness (QED) is 0.580. The van der Waals surface area contributed by atoms with Crippen LogP contribution in [0.25, 0.3) is 0 Å². The molecule has 0 spiro atoms. The number of anilines is 3. The molecule has 1 aromatic carbocycles. The minimum absolute atomic E-state index is 0.322. The van der Waals surface area contributed by atoms with Crippen LogP contribution in [0.5, 0.6) is 0 Å². The van der Waals surface area contributed by atoms with E-state index in [9.17, 15) is 5.26 Å². The lowest BCUT2D eigenvalue weighted by Crippen LogP contribution is -2.38. The highest BCUT2D eigenvalue weighted by atomic mass is 35.5. The molecule has 0 saturated carbocycles. The van der Waals surface area contributed by atoms with Gasteiger partial charge in [-0.1, -0.05) is 23.7 Å². The van der Waals surface area contributed by atoms with Crippen LogP contribution in [0.2, 0.25) is 5.02 Å². The summed E-state index contributed by atoms with van der Waals surface area (Å²) in [7, 11) is 3.72. The molecule has 2 heterocycles. The molecule has 1 fully saturated rings. The van der Waals surface area contributed by atoms with Crippen molar-refractivity contribution in [3.8, 4) is 6.19 Å². The molecule has 3 rings (SSSR count). The van der Waals surface area contributed by atoms with Crippen LogP contribution < -0.4 is 14.7 Å². The van der Waals surface area contributed by atoms with Gasteiger partial charge in [-0.05, 0) is 17.7 Å². The molecule has 1 aliphatic rings. The first-order valence-electron chi connectivity index (χ1n) is 8.24. The van der Waals surface area contributed by atoms with Crippen molar-refractivity contribution in [2.75, 3.05) is 55.1 Å². The molecule has 0 radical (unpaired) electrons. The van der Waals surface area contributed by atoms with Crippen molar-refractivity contribution in [3.63, 3.8) is 0 Å². The van der Waals surface area contributed by atoms with Crippen LogP contribution in [0.1, 0.15) is 5.56 Å². The Morgan fingerprint density at radius 1 is 1.12 bits per heavy atom. The third-order valence-electron chi connectivity index (χ3n) is 3.91. The summed E-state index contributed by atoms with van der Waals surface area (Å²) in [4.78, 5) is 18.8. The van der Waals surface area contributed by atoms with Gasteiger partial charge in [0.2, 0.25) is 17.8 Å². The zero-order chi connectivity index (χ0) is 18.5. The number of ether oxygens (including phenoxy) is 1. The van der Waals surface area contributed by atoms with Crippen molar-refractivity contribution >= 4 is 29.4 Å². The third kappa shape index (κ3) is 4.31. The Balaban J connectivity index is 1.91. The second-order valence-electron chi connectivity index (χ2n) is 6.04. The molecule has 0 aliphatic carbocycles. The summed E-state index contributed by atoms with van der Waals surface area (Å²) in [5, 5.41) is 10.3. The second kappa shape index (κ2) is 8.17. The highest BCUT2D eigenvalue weighted by molar-refractivity contribution is 6.30. The van der Waals surface area contributed by atoms with Crippen molar-refractivity contribution in [2.24, 2.45) is 0 Å². The minimum atomic E-state index is 0.322. The molecule has 9 heteroatoms. The maximum Gasteiger partial charge on any atom is 0.245 e. The number of aromatic nitrogens is 3. The molecule has 26 heavy (non-hydrogen) atoms. The van der Waals surface area contributed by atoms with Crippen LogP contribution in [0.3, 0.4) is 0 Å². The predicted molar refractivity (Wildman–Crippen MR) is 100 cm³/mol. The standard InChI is InChI=1S/C17H20ClN7O/c1-23(2)15-20-16(24-7-9-26-10-8-24)22-17(21-15)25(12-19)11-13-3-5-14(18)6-4-13/h3-6H,7-11H2,1-2H3. The third-order valence-corrected chi connectivity index (χ3v) is 4.16. The van der Waals surface area contributed by atoms with Gasteiger partial charge in [0.25, 0.3) is 0 Å². The van der Waals surface area contributed by atoms with Crippen molar-refractivity contribution in [3.05, 3.63) is 34.9 Å². The van der Waals surface area contributed by atoms with Gasteiger partial charge in [0, 0.05) is 32.2 Å². The fourth-order valence-electron chi connectivity index (χ4n) is 2.49. The fraction of sp³-hybridized carbons (Fsp3) is 0.412. The fourth-order valence-corrected chi connectivity index (χ4v) is 2.62. The number of nitrogens with zero attached hydrogens (tertiary/aromatic N) is 7. The van der Waals surface area contributed by atoms with Gasteiger partial charge in [0.15, 0.2) is 6.19 Å². The van der Waals surface area contributed by atoms with E-state index >= 15 is 0 Å². The van der Waals surface area contributed by atoms with E-state index in [1.165, 1.54) is 4.90 Å². The van der Waals surface area contributed by atoms with Crippen LogP contribution in [0.4, 0.5) is 17.8 Å². The van der Waals surface area contributed by atoms with Crippen molar-refractivity contribution in [2.45, 2.75) is 6.54 Å². The summed E-state index contributed by atoms with van der Waals surface area (Å²) in [6.07, 6.45) is 2.16. The van der Waals surface area contributed by atoms with E-state index in [-0.39, 0.29) is 0 Å². The van der Waals surface area contributed by atoms with Crippen LogP contribution in [-0.4, -0.2) is 55.4 Å². The van der Waals surface area contributed by atoms with Crippen molar-refractivity contribution < 1.29 is 4.74 Å². The number of rotatable bonds is 5. The van der Waals surface area contributed by atoms with E-state index in [4.69, 9.17) is 16.3 Å². The van der Waals surface area contributed by atoms with Gasteiger partial charge in [-0.25, -0.2) is 4.90 Å². The predicted octanol–water partition coefficient (Wildman–Crippen LogP) is 1.92. The molecule has 8 nitrogen and oxygen atoms in total. The van der Waals surface area contributed by atoms with E-state index in [2.05, 4.69) is 21.1 Å². The monoisotopic (exact) mass is 373 g/mol. The van der Waals surface area contributed by atoms with Crippen LogP contribution in [0.15, 0.2) is 24.3 Å². The summed E-state index contributed by atoms with van der Waals surface area (Å²) in [5.74, 6) is 1.38. The summed E-state index contributed by atoms with van der Waals surface area (Å²) >= 11 is 5.93. The van der Waals surface area contributed by atoms with Gasteiger partial charge in [-0.3, -0.25) is 0 Å². The zero-order valence-electron chi connectivity index (χ0n) is 14.8. The molecule has 0 bridgehead atoms.